The number of aromatic nitrogens is 4. The lowest BCUT2D eigenvalue weighted by Gasteiger charge is -2.09. The number of hydrogen-bond acceptors (Lipinski definition) is 4. The van der Waals surface area contributed by atoms with Gasteiger partial charge in [0.15, 0.2) is 5.82 Å². The SMILES string of the molecule is C=C(CCNC(=O)COCCn1cc(F)cn1)n1cnc(-c2ccc(Cl)cc2)c1. The maximum atomic E-state index is 12.8. The molecule has 1 N–H and O–H groups in total. The van der Waals surface area contributed by atoms with Crippen LogP contribution in [0.5, 0.6) is 0 Å². The fourth-order valence-corrected chi connectivity index (χ4v) is 2.70. The first kappa shape index (κ1) is 20.8. The van der Waals surface area contributed by atoms with Crippen LogP contribution in [0.25, 0.3) is 17.0 Å². The Morgan fingerprint density at radius 2 is 2.07 bits per heavy atom. The van der Waals surface area contributed by atoms with E-state index >= 15 is 0 Å². The lowest BCUT2D eigenvalue weighted by molar-refractivity contribution is -0.125. The molecular weight excluding hydrogens is 397 g/mol. The molecule has 0 fully saturated rings. The van der Waals surface area contributed by atoms with E-state index in [9.17, 15) is 9.18 Å². The molecule has 152 valence electrons. The Balaban J connectivity index is 1.35. The van der Waals surface area contributed by atoms with Crippen molar-refractivity contribution in [2.24, 2.45) is 0 Å². The Kier molecular flexibility index (Phi) is 7.15. The van der Waals surface area contributed by atoms with Gasteiger partial charge in [0.2, 0.25) is 5.91 Å². The Morgan fingerprint density at radius 1 is 1.28 bits per heavy atom. The molecule has 7 nitrogen and oxygen atoms in total. The number of imidazole rings is 1. The first-order chi connectivity index (χ1) is 14.0. The molecule has 9 heteroatoms. The molecule has 3 aromatic rings. The average Bonchev–Trinajstić information content (AvgIpc) is 3.35. The number of amides is 1. The molecule has 0 aliphatic rings. The molecule has 1 aromatic carbocycles. The molecule has 3 rings (SSSR count). The summed E-state index contributed by atoms with van der Waals surface area (Å²) < 4.78 is 21.3. The molecular formula is C20H21ClFN5O2. The fourth-order valence-electron chi connectivity index (χ4n) is 2.58. The van der Waals surface area contributed by atoms with Gasteiger partial charge in [-0.2, -0.15) is 5.10 Å². The Bertz CT molecular complexity index is 967. The number of rotatable bonds is 10. The Labute approximate surface area is 172 Å². The van der Waals surface area contributed by atoms with Crippen molar-refractivity contribution in [3.8, 4) is 11.3 Å². The van der Waals surface area contributed by atoms with E-state index < -0.39 is 5.82 Å². The third-order valence-electron chi connectivity index (χ3n) is 4.12. The van der Waals surface area contributed by atoms with Gasteiger partial charge in [0, 0.05) is 35.4 Å². The van der Waals surface area contributed by atoms with Crippen molar-refractivity contribution in [2.75, 3.05) is 19.8 Å². The molecule has 0 spiro atoms. The zero-order valence-electron chi connectivity index (χ0n) is 15.7. The van der Waals surface area contributed by atoms with Crippen LogP contribution >= 0.6 is 11.6 Å². The highest BCUT2D eigenvalue weighted by atomic mass is 35.5. The highest BCUT2D eigenvalue weighted by Gasteiger charge is 2.06. The lowest BCUT2D eigenvalue weighted by Crippen LogP contribution is -2.29. The van der Waals surface area contributed by atoms with Crippen LogP contribution < -0.4 is 5.32 Å². The Morgan fingerprint density at radius 3 is 2.79 bits per heavy atom. The molecule has 0 aliphatic carbocycles. The third-order valence-corrected chi connectivity index (χ3v) is 4.38. The smallest absolute Gasteiger partial charge is 0.246 e. The van der Waals surface area contributed by atoms with Crippen LogP contribution in [0.3, 0.4) is 0 Å². The zero-order valence-corrected chi connectivity index (χ0v) is 16.5. The predicted molar refractivity (Wildman–Crippen MR) is 109 cm³/mol. The van der Waals surface area contributed by atoms with E-state index in [4.69, 9.17) is 16.3 Å². The van der Waals surface area contributed by atoms with Gasteiger partial charge >= 0.3 is 0 Å². The lowest BCUT2D eigenvalue weighted by atomic mass is 10.2. The highest BCUT2D eigenvalue weighted by Crippen LogP contribution is 2.21. The second-order valence-corrected chi connectivity index (χ2v) is 6.75. The van der Waals surface area contributed by atoms with Crippen LogP contribution in [0.4, 0.5) is 4.39 Å². The van der Waals surface area contributed by atoms with Crippen molar-refractivity contribution in [1.29, 1.82) is 0 Å². The van der Waals surface area contributed by atoms with Crippen LogP contribution in [0.2, 0.25) is 5.02 Å². The highest BCUT2D eigenvalue weighted by molar-refractivity contribution is 6.30. The normalized spacial score (nSPS) is 10.8. The summed E-state index contributed by atoms with van der Waals surface area (Å²) in [5.41, 5.74) is 2.58. The van der Waals surface area contributed by atoms with E-state index in [1.54, 1.807) is 6.33 Å². The summed E-state index contributed by atoms with van der Waals surface area (Å²) in [5, 5.41) is 7.24. The van der Waals surface area contributed by atoms with Crippen molar-refractivity contribution in [3.05, 3.63) is 66.6 Å². The summed E-state index contributed by atoms with van der Waals surface area (Å²) in [6, 6.07) is 7.44. The molecule has 0 saturated heterocycles. The number of benzene rings is 1. The first-order valence-corrected chi connectivity index (χ1v) is 9.39. The summed E-state index contributed by atoms with van der Waals surface area (Å²) in [6.45, 7) is 5.04. The third kappa shape index (κ3) is 6.27. The quantitative estimate of drug-likeness (QED) is 0.514. The second kappa shape index (κ2) is 9.99. The monoisotopic (exact) mass is 417 g/mol. The van der Waals surface area contributed by atoms with Gasteiger partial charge in [-0.1, -0.05) is 30.3 Å². The minimum absolute atomic E-state index is 0.0674. The van der Waals surface area contributed by atoms with Crippen LogP contribution in [-0.2, 0) is 16.1 Å². The van der Waals surface area contributed by atoms with E-state index in [1.165, 1.54) is 10.9 Å². The fraction of sp³-hybridized carbons (Fsp3) is 0.250. The van der Waals surface area contributed by atoms with Crippen molar-refractivity contribution in [2.45, 2.75) is 13.0 Å². The van der Waals surface area contributed by atoms with E-state index in [2.05, 4.69) is 22.0 Å². The van der Waals surface area contributed by atoms with Crippen molar-refractivity contribution in [1.82, 2.24) is 24.6 Å². The van der Waals surface area contributed by atoms with Gasteiger partial charge < -0.3 is 14.6 Å². The predicted octanol–water partition coefficient (Wildman–Crippen LogP) is 3.23. The standard InChI is InChI=1S/C20H21ClFN5O2/c1-15(26-12-19(24-14-26)16-2-4-17(21)5-3-16)6-7-23-20(28)13-29-9-8-27-11-18(22)10-25-27/h2-5,10-12,14H,1,6-9,13H2,(H,23,28). The zero-order chi connectivity index (χ0) is 20.6. The van der Waals surface area contributed by atoms with E-state index in [0.29, 0.717) is 24.5 Å². The maximum absolute atomic E-state index is 12.8. The van der Waals surface area contributed by atoms with Crippen molar-refractivity contribution in [3.63, 3.8) is 0 Å². The number of halogens is 2. The minimum atomic E-state index is -0.402. The maximum Gasteiger partial charge on any atom is 0.246 e. The molecule has 0 unspecified atom stereocenters. The van der Waals surface area contributed by atoms with Gasteiger partial charge in [0.1, 0.15) is 6.61 Å². The van der Waals surface area contributed by atoms with Crippen LogP contribution in [0.1, 0.15) is 6.42 Å². The van der Waals surface area contributed by atoms with Gasteiger partial charge in [-0.3, -0.25) is 9.48 Å². The van der Waals surface area contributed by atoms with Crippen LogP contribution in [-0.4, -0.2) is 45.0 Å². The Hall–Kier alpha value is -2.97. The van der Waals surface area contributed by atoms with E-state index in [-0.39, 0.29) is 19.1 Å². The molecule has 0 saturated carbocycles. The summed E-state index contributed by atoms with van der Waals surface area (Å²) in [5.74, 6) is -0.627. The molecule has 2 heterocycles. The number of carbonyl (C=O) groups excluding carboxylic acids is 1. The molecule has 0 bridgehead atoms. The minimum Gasteiger partial charge on any atom is -0.370 e. The molecule has 29 heavy (non-hydrogen) atoms. The topological polar surface area (TPSA) is 74.0 Å². The average molecular weight is 418 g/mol. The summed E-state index contributed by atoms with van der Waals surface area (Å²) in [7, 11) is 0. The number of hydrogen-bond donors (Lipinski definition) is 1. The molecule has 0 aliphatic heterocycles. The van der Waals surface area contributed by atoms with Crippen LogP contribution in [0.15, 0.2) is 55.8 Å². The van der Waals surface area contributed by atoms with Crippen molar-refractivity contribution >= 4 is 23.2 Å². The first-order valence-electron chi connectivity index (χ1n) is 9.02. The number of ether oxygens (including phenoxy) is 1. The van der Waals surface area contributed by atoms with E-state index in [1.807, 2.05) is 35.0 Å². The number of nitrogens with one attached hydrogen (secondary N) is 1. The second-order valence-electron chi connectivity index (χ2n) is 6.31. The van der Waals surface area contributed by atoms with Crippen LogP contribution in [0, 0.1) is 5.82 Å². The molecule has 0 atom stereocenters. The number of carbonyl (C=O) groups is 1. The summed E-state index contributed by atoms with van der Waals surface area (Å²) in [4.78, 5) is 16.2. The van der Waals surface area contributed by atoms with Gasteiger partial charge in [-0.25, -0.2) is 9.37 Å². The summed E-state index contributed by atoms with van der Waals surface area (Å²) in [6.07, 6.45) is 6.53. The largest absolute Gasteiger partial charge is 0.370 e. The van der Waals surface area contributed by atoms with E-state index in [0.717, 1.165) is 23.2 Å². The summed E-state index contributed by atoms with van der Waals surface area (Å²) >= 11 is 5.91. The van der Waals surface area contributed by atoms with Gasteiger partial charge in [0.25, 0.3) is 0 Å². The van der Waals surface area contributed by atoms with Crippen molar-refractivity contribution < 1.29 is 13.9 Å². The van der Waals surface area contributed by atoms with Gasteiger partial charge in [-0.15, -0.1) is 0 Å². The molecule has 1 amide bonds. The molecule has 2 aromatic heterocycles. The number of nitrogens with zero attached hydrogens (tertiary/aromatic N) is 4. The van der Waals surface area contributed by atoms with Gasteiger partial charge in [0.05, 0.1) is 37.6 Å². The molecule has 0 radical (unpaired) electrons. The van der Waals surface area contributed by atoms with Gasteiger partial charge in [-0.05, 0) is 12.1 Å².